The molecule has 31 heavy (non-hydrogen) atoms. The smallest absolute Gasteiger partial charge is 0.355 e. The number of aromatic nitrogens is 4. The van der Waals surface area contributed by atoms with Crippen LogP contribution < -0.4 is 5.32 Å². The molecule has 8 nitrogen and oxygen atoms in total. The molecular formula is C22H17N5O3S. The van der Waals surface area contributed by atoms with E-state index in [4.69, 9.17) is 0 Å². The van der Waals surface area contributed by atoms with E-state index in [1.807, 2.05) is 41.9 Å². The van der Waals surface area contributed by atoms with E-state index in [0.717, 1.165) is 22.4 Å². The first-order valence-electron chi connectivity index (χ1n) is 9.51. The number of benzene rings is 1. The predicted molar refractivity (Wildman–Crippen MR) is 117 cm³/mol. The maximum atomic E-state index is 12.9. The topological polar surface area (TPSA) is 112 Å². The van der Waals surface area contributed by atoms with E-state index >= 15 is 0 Å². The van der Waals surface area contributed by atoms with Gasteiger partial charge in [-0.3, -0.25) is 9.20 Å². The number of carbonyl (C=O) groups is 2. The van der Waals surface area contributed by atoms with Crippen LogP contribution in [0.25, 0.3) is 27.9 Å². The lowest BCUT2D eigenvalue weighted by atomic mass is 10.2. The van der Waals surface area contributed by atoms with Crippen LogP contribution in [0.2, 0.25) is 0 Å². The van der Waals surface area contributed by atoms with Crippen molar-refractivity contribution in [1.82, 2.24) is 24.7 Å². The Bertz CT molecular complexity index is 1450. The number of rotatable bonds is 5. The Morgan fingerprint density at radius 3 is 2.87 bits per heavy atom. The first-order chi connectivity index (χ1) is 15.0. The van der Waals surface area contributed by atoms with Crippen LogP contribution in [0, 0.1) is 6.92 Å². The van der Waals surface area contributed by atoms with Crippen molar-refractivity contribution in [3.8, 4) is 11.3 Å². The fourth-order valence-corrected chi connectivity index (χ4v) is 4.26. The molecule has 0 atom stereocenters. The lowest BCUT2D eigenvalue weighted by molar-refractivity contribution is 0.0689. The van der Waals surface area contributed by atoms with Crippen LogP contribution in [0.15, 0.2) is 53.4 Å². The summed E-state index contributed by atoms with van der Waals surface area (Å²) in [6.45, 7) is 2.21. The van der Waals surface area contributed by atoms with Gasteiger partial charge in [-0.25, -0.2) is 14.8 Å². The lowest BCUT2D eigenvalue weighted by Crippen LogP contribution is -2.23. The monoisotopic (exact) mass is 431 g/mol. The molecule has 0 aliphatic rings. The molecule has 1 amide bonds. The van der Waals surface area contributed by atoms with E-state index in [1.54, 1.807) is 18.3 Å². The molecule has 0 aliphatic heterocycles. The zero-order chi connectivity index (χ0) is 21.5. The molecule has 5 aromatic rings. The van der Waals surface area contributed by atoms with Crippen molar-refractivity contribution in [3.05, 3.63) is 76.0 Å². The molecular weight excluding hydrogens is 414 g/mol. The van der Waals surface area contributed by atoms with Gasteiger partial charge in [0.05, 0.1) is 16.6 Å². The molecule has 0 radical (unpaired) electrons. The van der Waals surface area contributed by atoms with E-state index in [0.29, 0.717) is 29.0 Å². The molecule has 1 aromatic carbocycles. The van der Waals surface area contributed by atoms with Gasteiger partial charge in [-0.2, -0.15) is 11.3 Å². The number of carbonyl (C=O) groups excluding carboxylic acids is 1. The van der Waals surface area contributed by atoms with Crippen molar-refractivity contribution >= 4 is 39.9 Å². The minimum absolute atomic E-state index is 0.0307. The summed E-state index contributed by atoms with van der Waals surface area (Å²) in [7, 11) is 0. The number of aromatic amines is 1. The number of pyridine rings is 1. The Labute approximate surface area is 180 Å². The van der Waals surface area contributed by atoms with Gasteiger partial charge in [-0.05, 0) is 48.2 Å². The second-order valence-electron chi connectivity index (χ2n) is 7.10. The first-order valence-corrected chi connectivity index (χ1v) is 10.5. The van der Waals surface area contributed by atoms with Crippen molar-refractivity contribution in [2.45, 2.75) is 13.5 Å². The maximum Gasteiger partial charge on any atom is 0.355 e. The van der Waals surface area contributed by atoms with Gasteiger partial charge in [0, 0.05) is 23.7 Å². The summed E-state index contributed by atoms with van der Waals surface area (Å²) in [5.74, 6) is -0.600. The Kier molecular flexibility index (Phi) is 4.52. The second-order valence-corrected chi connectivity index (χ2v) is 7.88. The third-order valence-electron chi connectivity index (χ3n) is 5.01. The number of carboxylic acid groups (broad SMARTS) is 1. The van der Waals surface area contributed by atoms with Crippen molar-refractivity contribution in [1.29, 1.82) is 0 Å². The van der Waals surface area contributed by atoms with Gasteiger partial charge in [0.15, 0.2) is 11.3 Å². The molecule has 5 rings (SSSR count). The molecule has 3 N–H and O–H groups in total. The molecule has 9 heteroatoms. The van der Waals surface area contributed by atoms with E-state index < -0.39 is 5.97 Å². The number of carboxylic acids is 1. The summed E-state index contributed by atoms with van der Waals surface area (Å²) in [5, 5.41) is 16.3. The van der Waals surface area contributed by atoms with Gasteiger partial charge in [0.2, 0.25) is 0 Å². The summed E-state index contributed by atoms with van der Waals surface area (Å²) in [4.78, 5) is 36.9. The molecule has 4 heterocycles. The molecule has 0 saturated carbocycles. The van der Waals surface area contributed by atoms with E-state index in [1.165, 1.54) is 15.7 Å². The number of thiophene rings is 1. The number of aromatic carboxylic acids is 1. The van der Waals surface area contributed by atoms with Crippen LogP contribution in [-0.2, 0) is 6.54 Å². The number of aryl methyl sites for hydroxylation is 1. The second kappa shape index (κ2) is 7.37. The highest BCUT2D eigenvalue weighted by Gasteiger charge is 2.23. The molecule has 154 valence electrons. The number of hydrogen-bond acceptors (Lipinski definition) is 5. The van der Waals surface area contributed by atoms with Crippen LogP contribution in [-0.4, -0.2) is 36.3 Å². The SMILES string of the molecule is Cc1nc2ccc(CNC(=O)c3cccn4c(C(=O)O)c(-c5ccsc5)nc34)cc2[nH]1. The minimum Gasteiger partial charge on any atom is -0.476 e. The Hall–Kier alpha value is -3.98. The summed E-state index contributed by atoms with van der Waals surface area (Å²) >= 11 is 1.45. The quantitative estimate of drug-likeness (QED) is 0.391. The molecule has 0 aliphatic carbocycles. The average molecular weight is 431 g/mol. The first kappa shape index (κ1) is 19.0. The predicted octanol–water partition coefficient (Wildman–Crippen LogP) is 3.88. The third kappa shape index (κ3) is 3.34. The lowest BCUT2D eigenvalue weighted by Gasteiger charge is -2.07. The van der Waals surface area contributed by atoms with Gasteiger partial charge < -0.3 is 15.4 Å². The van der Waals surface area contributed by atoms with Crippen LogP contribution in [0.4, 0.5) is 0 Å². The third-order valence-corrected chi connectivity index (χ3v) is 5.69. The highest BCUT2D eigenvalue weighted by molar-refractivity contribution is 7.08. The zero-order valence-corrected chi connectivity index (χ0v) is 17.2. The van der Waals surface area contributed by atoms with Gasteiger partial charge in [0.25, 0.3) is 5.91 Å². The van der Waals surface area contributed by atoms with E-state index in [2.05, 4.69) is 20.3 Å². The molecule has 0 spiro atoms. The fraction of sp³-hybridized carbons (Fsp3) is 0.0909. The highest BCUT2D eigenvalue weighted by Crippen LogP contribution is 2.27. The average Bonchev–Trinajstić information content (AvgIpc) is 3.47. The number of nitrogens with one attached hydrogen (secondary N) is 2. The molecule has 4 aromatic heterocycles. The zero-order valence-electron chi connectivity index (χ0n) is 16.4. The normalized spacial score (nSPS) is 11.3. The number of fused-ring (bicyclic) bond motifs is 2. The van der Waals surface area contributed by atoms with Crippen molar-refractivity contribution in [2.24, 2.45) is 0 Å². The van der Waals surface area contributed by atoms with Gasteiger partial charge >= 0.3 is 5.97 Å². The Balaban J connectivity index is 1.48. The number of amides is 1. The van der Waals surface area contributed by atoms with Gasteiger partial charge in [-0.15, -0.1) is 0 Å². The maximum absolute atomic E-state index is 12.9. The Morgan fingerprint density at radius 1 is 1.23 bits per heavy atom. The highest BCUT2D eigenvalue weighted by atomic mass is 32.1. The summed E-state index contributed by atoms with van der Waals surface area (Å²) in [5.41, 5.74) is 4.40. The number of H-pyrrole nitrogens is 1. The molecule has 0 fully saturated rings. The summed E-state index contributed by atoms with van der Waals surface area (Å²) in [6, 6.07) is 10.9. The van der Waals surface area contributed by atoms with E-state index in [-0.39, 0.29) is 11.6 Å². The van der Waals surface area contributed by atoms with Gasteiger partial charge in [-0.1, -0.05) is 6.07 Å². The van der Waals surface area contributed by atoms with Crippen molar-refractivity contribution < 1.29 is 14.7 Å². The van der Waals surface area contributed by atoms with Crippen molar-refractivity contribution in [2.75, 3.05) is 0 Å². The van der Waals surface area contributed by atoms with E-state index in [9.17, 15) is 14.7 Å². The minimum atomic E-state index is -1.10. The Morgan fingerprint density at radius 2 is 2.10 bits per heavy atom. The van der Waals surface area contributed by atoms with Crippen LogP contribution in [0.3, 0.4) is 0 Å². The standard InChI is InChI=1S/C22H17N5O3S/c1-12-24-16-5-4-13(9-17(16)25-12)10-23-21(28)15-3-2-7-27-19(22(29)30)18(26-20(15)27)14-6-8-31-11-14/h2-9,11H,10H2,1H3,(H,23,28)(H,24,25)(H,29,30). The fourth-order valence-electron chi connectivity index (χ4n) is 3.62. The van der Waals surface area contributed by atoms with Crippen molar-refractivity contribution in [3.63, 3.8) is 0 Å². The van der Waals surface area contributed by atoms with Gasteiger partial charge in [0.1, 0.15) is 11.5 Å². The van der Waals surface area contributed by atoms with Crippen LogP contribution in [0.1, 0.15) is 32.2 Å². The summed E-state index contributed by atoms with van der Waals surface area (Å²) in [6.07, 6.45) is 1.60. The van der Waals surface area contributed by atoms with Crippen LogP contribution >= 0.6 is 11.3 Å². The molecule has 0 bridgehead atoms. The van der Waals surface area contributed by atoms with Crippen LogP contribution in [0.5, 0.6) is 0 Å². The molecule has 0 unspecified atom stereocenters. The summed E-state index contributed by atoms with van der Waals surface area (Å²) < 4.78 is 1.45. The largest absolute Gasteiger partial charge is 0.476 e. The number of imidazole rings is 2. The molecule has 0 saturated heterocycles. The number of nitrogens with zero attached hydrogens (tertiary/aromatic N) is 3. The number of hydrogen-bond donors (Lipinski definition) is 3.